The molecule has 8 nitrogen and oxygen atoms in total. The molecule has 1 aliphatic rings. The number of carbonyl (C=O) groups excluding carboxylic acids is 1. The SMILES string of the molecule is COCCN(C(=O)OCc1ccccc1)C1CCN(CC[C@H](CN(C)S(=O)(=O)c2ccccc2)c2ccccc2)CC1.Cl. The number of methoxy groups -OCH3 is 1. The lowest BCUT2D eigenvalue weighted by molar-refractivity contribution is 0.0470. The molecule has 0 aromatic heterocycles. The van der Waals surface area contributed by atoms with Crippen molar-refractivity contribution >= 4 is 28.5 Å². The molecule has 234 valence electrons. The Hall–Kier alpha value is -2.95. The predicted molar refractivity (Wildman–Crippen MR) is 172 cm³/mol. The molecule has 1 aliphatic heterocycles. The Morgan fingerprint density at radius 1 is 0.930 bits per heavy atom. The molecule has 4 rings (SSSR count). The topological polar surface area (TPSA) is 79.4 Å². The molecule has 1 heterocycles. The van der Waals surface area contributed by atoms with E-state index in [0.717, 1.165) is 50.0 Å². The van der Waals surface area contributed by atoms with Gasteiger partial charge >= 0.3 is 6.09 Å². The third-order valence-corrected chi connectivity index (χ3v) is 9.81. The molecule has 1 amide bonds. The van der Waals surface area contributed by atoms with Crippen LogP contribution in [0.1, 0.15) is 36.3 Å². The average Bonchev–Trinajstić information content (AvgIpc) is 3.04. The predicted octanol–water partition coefficient (Wildman–Crippen LogP) is 5.65. The average molecular weight is 630 g/mol. The molecule has 3 aromatic carbocycles. The Balaban J connectivity index is 0.00000506. The molecule has 0 N–H and O–H groups in total. The highest BCUT2D eigenvalue weighted by molar-refractivity contribution is 7.89. The smallest absolute Gasteiger partial charge is 0.410 e. The van der Waals surface area contributed by atoms with Crippen LogP contribution in [0.15, 0.2) is 95.9 Å². The first-order chi connectivity index (χ1) is 20.4. The number of sulfonamides is 1. The minimum atomic E-state index is -3.58. The van der Waals surface area contributed by atoms with E-state index in [1.54, 1.807) is 38.4 Å². The number of hydrogen-bond donors (Lipinski definition) is 0. The molecule has 1 fully saturated rings. The first-order valence-corrected chi connectivity index (χ1v) is 16.1. The minimum absolute atomic E-state index is 0. The maximum Gasteiger partial charge on any atom is 0.410 e. The van der Waals surface area contributed by atoms with Crippen molar-refractivity contribution in [2.24, 2.45) is 0 Å². The number of hydrogen-bond acceptors (Lipinski definition) is 6. The summed E-state index contributed by atoms with van der Waals surface area (Å²) in [6.07, 6.45) is 2.22. The zero-order valence-corrected chi connectivity index (χ0v) is 26.7. The van der Waals surface area contributed by atoms with Crippen molar-refractivity contribution in [2.45, 2.75) is 42.7 Å². The first-order valence-electron chi connectivity index (χ1n) is 14.6. The lowest BCUT2D eigenvalue weighted by Gasteiger charge is -2.38. The number of ether oxygens (including phenoxy) is 2. The van der Waals surface area contributed by atoms with E-state index in [-0.39, 0.29) is 37.1 Å². The molecule has 1 saturated heterocycles. The second kappa shape index (κ2) is 17.4. The third kappa shape index (κ3) is 10.0. The number of benzene rings is 3. The summed E-state index contributed by atoms with van der Waals surface area (Å²) in [6.45, 7) is 4.17. The molecule has 0 unspecified atom stereocenters. The van der Waals surface area contributed by atoms with Crippen LogP contribution in [0.25, 0.3) is 0 Å². The van der Waals surface area contributed by atoms with E-state index >= 15 is 0 Å². The number of amides is 1. The van der Waals surface area contributed by atoms with Crippen LogP contribution in [0.5, 0.6) is 0 Å². The van der Waals surface area contributed by atoms with Crippen LogP contribution < -0.4 is 0 Å². The van der Waals surface area contributed by atoms with Gasteiger partial charge in [-0.05, 0) is 55.0 Å². The summed E-state index contributed by atoms with van der Waals surface area (Å²) in [5, 5.41) is 0. The zero-order chi connectivity index (χ0) is 29.8. The van der Waals surface area contributed by atoms with Crippen molar-refractivity contribution in [2.75, 3.05) is 53.5 Å². The Labute approximate surface area is 263 Å². The van der Waals surface area contributed by atoms with Crippen molar-refractivity contribution in [3.63, 3.8) is 0 Å². The number of likely N-dealkylation sites (N-methyl/N-ethyl adjacent to an activating group) is 1. The maximum absolute atomic E-state index is 13.2. The number of nitrogens with zero attached hydrogens (tertiary/aromatic N) is 3. The van der Waals surface area contributed by atoms with E-state index in [1.807, 2.05) is 59.5 Å². The Kier molecular flexibility index (Phi) is 14.0. The van der Waals surface area contributed by atoms with Crippen molar-refractivity contribution in [3.8, 4) is 0 Å². The van der Waals surface area contributed by atoms with Crippen molar-refractivity contribution in [1.82, 2.24) is 14.1 Å². The van der Waals surface area contributed by atoms with Gasteiger partial charge in [0.15, 0.2) is 0 Å². The van der Waals surface area contributed by atoms with Gasteiger partial charge in [0, 0.05) is 46.4 Å². The summed E-state index contributed by atoms with van der Waals surface area (Å²) in [4.78, 5) is 17.6. The lowest BCUT2D eigenvalue weighted by atomic mass is 9.94. The number of carbonyl (C=O) groups is 1. The molecular weight excluding hydrogens is 586 g/mol. The molecule has 10 heteroatoms. The van der Waals surface area contributed by atoms with Crippen LogP contribution in [-0.2, 0) is 26.1 Å². The normalized spacial score (nSPS) is 15.0. The largest absolute Gasteiger partial charge is 0.445 e. The van der Waals surface area contributed by atoms with Crippen LogP contribution in [0, 0.1) is 0 Å². The molecular formula is C33H44ClN3O5S. The van der Waals surface area contributed by atoms with Gasteiger partial charge in [0.2, 0.25) is 10.0 Å². The minimum Gasteiger partial charge on any atom is -0.445 e. The zero-order valence-electron chi connectivity index (χ0n) is 25.1. The number of likely N-dealkylation sites (tertiary alicyclic amines) is 1. The molecule has 0 aliphatic carbocycles. The Morgan fingerprint density at radius 2 is 1.51 bits per heavy atom. The van der Waals surface area contributed by atoms with Crippen LogP contribution in [0.2, 0.25) is 0 Å². The summed E-state index contributed by atoms with van der Waals surface area (Å²) >= 11 is 0. The van der Waals surface area contributed by atoms with Gasteiger partial charge in [0.1, 0.15) is 6.61 Å². The van der Waals surface area contributed by atoms with Crippen molar-refractivity contribution in [1.29, 1.82) is 0 Å². The first kappa shape index (κ1) is 34.5. The van der Waals surface area contributed by atoms with Gasteiger partial charge in [-0.2, -0.15) is 0 Å². The molecule has 0 radical (unpaired) electrons. The highest BCUT2D eigenvalue weighted by atomic mass is 35.5. The Morgan fingerprint density at radius 3 is 2.12 bits per heavy atom. The number of halogens is 1. The fraction of sp³-hybridized carbons (Fsp3) is 0.424. The van der Waals surface area contributed by atoms with E-state index in [4.69, 9.17) is 9.47 Å². The molecule has 0 saturated carbocycles. The number of rotatable bonds is 14. The maximum atomic E-state index is 13.2. The van der Waals surface area contributed by atoms with E-state index in [1.165, 1.54) is 4.31 Å². The van der Waals surface area contributed by atoms with Gasteiger partial charge in [-0.3, -0.25) is 0 Å². The van der Waals surface area contributed by atoms with Crippen molar-refractivity contribution < 1.29 is 22.7 Å². The van der Waals surface area contributed by atoms with E-state index < -0.39 is 10.0 Å². The van der Waals surface area contributed by atoms with E-state index in [9.17, 15) is 13.2 Å². The van der Waals surface area contributed by atoms with Gasteiger partial charge in [-0.1, -0.05) is 78.9 Å². The van der Waals surface area contributed by atoms with Gasteiger partial charge in [0.05, 0.1) is 11.5 Å². The Bertz CT molecular complexity index is 1320. The van der Waals surface area contributed by atoms with Gasteiger partial charge in [-0.15, -0.1) is 12.4 Å². The van der Waals surface area contributed by atoms with E-state index in [2.05, 4.69) is 17.0 Å². The summed E-state index contributed by atoms with van der Waals surface area (Å²) in [7, 11) is -0.278. The second-order valence-corrected chi connectivity index (χ2v) is 12.8. The van der Waals surface area contributed by atoms with Crippen molar-refractivity contribution in [3.05, 3.63) is 102 Å². The quantitative estimate of drug-likeness (QED) is 0.229. The van der Waals surface area contributed by atoms with Gasteiger partial charge < -0.3 is 19.3 Å². The standard InChI is InChI=1S/C33H43N3O5S.ClH/c1-34(42(38,39)32-16-10-5-11-17-32)26-30(29-14-8-4-9-15-29)18-21-35-22-19-31(20-23-35)36(24-25-40-2)33(37)41-27-28-12-6-3-7-13-28;/h3-17,30-31H,18-27H2,1-2H3;1H/t30-;/m1./s1. The van der Waals surface area contributed by atoms with E-state index in [0.29, 0.717) is 24.6 Å². The monoisotopic (exact) mass is 629 g/mol. The summed E-state index contributed by atoms with van der Waals surface area (Å²) in [6, 6.07) is 28.5. The molecule has 1 atom stereocenters. The number of piperidine rings is 1. The van der Waals surface area contributed by atoms with Crippen LogP contribution in [0.4, 0.5) is 4.79 Å². The fourth-order valence-electron chi connectivity index (χ4n) is 5.48. The third-order valence-electron chi connectivity index (χ3n) is 7.97. The molecule has 43 heavy (non-hydrogen) atoms. The second-order valence-electron chi connectivity index (χ2n) is 10.8. The highest BCUT2D eigenvalue weighted by Gasteiger charge is 2.30. The lowest BCUT2D eigenvalue weighted by Crippen LogP contribution is -2.49. The molecule has 3 aromatic rings. The fourth-order valence-corrected chi connectivity index (χ4v) is 6.71. The van der Waals surface area contributed by atoms with Crippen LogP contribution in [0.3, 0.4) is 0 Å². The highest BCUT2D eigenvalue weighted by Crippen LogP contribution is 2.26. The van der Waals surface area contributed by atoms with Gasteiger partial charge in [0.25, 0.3) is 0 Å². The molecule has 0 spiro atoms. The van der Waals surface area contributed by atoms with Crippen LogP contribution in [-0.4, -0.2) is 88.1 Å². The molecule has 0 bridgehead atoms. The van der Waals surface area contributed by atoms with Crippen LogP contribution >= 0.6 is 12.4 Å². The summed E-state index contributed by atoms with van der Waals surface area (Å²) < 4.78 is 38.9. The van der Waals surface area contributed by atoms with Gasteiger partial charge in [-0.25, -0.2) is 17.5 Å². The summed E-state index contributed by atoms with van der Waals surface area (Å²) in [5.74, 6) is 0.0542. The summed E-state index contributed by atoms with van der Waals surface area (Å²) in [5.41, 5.74) is 2.09.